The number of thiocarbonyl (C=S) groups is 1. The van der Waals surface area contributed by atoms with E-state index in [0.29, 0.717) is 0 Å². The van der Waals surface area contributed by atoms with Crippen LogP contribution < -0.4 is 10.6 Å². The molecule has 1 aliphatic rings. The third-order valence-corrected chi connectivity index (χ3v) is 2.08. The van der Waals surface area contributed by atoms with Crippen molar-refractivity contribution in [2.45, 2.75) is 0 Å². The first-order chi connectivity index (χ1) is 5.43. The van der Waals surface area contributed by atoms with Gasteiger partial charge in [-0.05, 0) is 0 Å². The van der Waals surface area contributed by atoms with Crippen molar-refractivity contribution in [2.75, 3.05) is 39.3 Å². The van der Waals surface area contributed by atoms with E-state index >= 15 is 0 Å². The fourth-order valence-electron chi connectivity index (χ4n) is 1.09. The van der Waals surface area contributed by atoms with Gasteiger partial charge in [0, 0.05) is 39.3 Å². The molecule has 1 heterocycles. The molecule has 1 rings (SSSR count). The summed E-state index contributed by atoms with van der Waals surface area (Å²) in [5, 5.41) is 6.64. The number of rotatable bonds is 1. The third kappa shape index (κ3) is 3.65. The zero-order valence-electron chi connectivity index (χ0n) is 6.68. The van der Waals surface area contributed by atoms with Gasteiger partial charge in [-0.3, -0.25) is 0 Å². The molecule has 0 aliphatic carbocycles. The summed E-state index contributed by atoms with van der Waals surface area (Å²) in [6.07, 6.45) is 0. The summed E-state index contributed by atoms with van der Waals surface area (Å²) in [5.41, 5.74) is 1.74. The fourth-order valence-corrected chi connectivity index (χ4v) is 1.30. The highest BCUT2D eigenvalue weighted by Crippen LogP contribution is 1.83. The maximum absolute atomic E-state index is 4.87. The standard InChI is InChI=1S/C7H15N3S/c11-7-10-5-3-8-1-2-9-4-6-10/h7-9H,1-6H2. The smallest absolute Gasteiger partial charge is 0.0641 e. The van der Waals surface area contributed by atoms with Crippen LogP contribution in [0.2, 0.25) is 0 Å². The summed E-state index contributed by atoms with van der Waals surface area (Å²) < 4.78 is 0. The van der Waals surface area contributed by atoms with E-state index in [9.17, 15) is 0 Å². The lowest BCUT2D eigenvalue weighted by Gasteiger charge is -2.16. The molecule has 0 aromatic rings. The Morgan fingerprint density at radius 2 is 1.55 bits per heavy atom. The maximum Gasteiger partial charge on any atom is 0.0641 e. The normalized spacial score (nSPS) is 21.6. The molecular formula is C7H15N3S. The van der Waals surface area contributed by atoms with Crippen molar-refractivity contribution in [1.82, 2.24) is 15.5 Å². The van der Waals surface area contributed by atoms with Gasteiger partial charge in [0.2, 0.25) is 0 Å². The predicted molar refractivity (Wildman–Crippen MR) is 51.0 cm³/mol. The highest BCUT2D eigenvalue weighted by molar-refractivity contribution is 7.78. The summed E-state index contributed by atoms with van der Waals surface area (Å²) in [6, 6.07) is 0. The predicted octanol–water partition coefficient (Wildman–Crippen LogP) is -0.562. The lowest BCUT2D eigenvalue weighted by molar-refractivity contribution is 0.439. The van der Waals surface area contributed by atoms with Crippen molar-refractivity contribution < 1.29 is 0 Å². The minimum Gasteiger partial charge on any atom is -0.366 e. The van der Waals surface area contributed by atoms with Crippen molar-refractivity contribution >= 4 is 17.7 Å². The summed E-state index contributed by atoms with van der Waals surface area (Å²) in [5.74, 6) is 0. The van der Waals surface area contributed by atoms with Gasteiger partial charge in [0.15, 0.2) is 0 Å². The van der Waals surface area contributed by atoms with E-state index in [1.807, 2.05) is 0 Å². The first-order valence-electron chi connectivity index (χ1n) is 4.04. The van der Waals surface area contributed by atoms with Gasteiger partial charge in [-0.25, -0.2) is 0 Å². The quantitative estimate of drug-likeness (QED) is 0.520. The molecule has 64 valence electrons. The van der Waals surface area contributed by atoms with E-state index in [1.54, 1.807) is 5.49 Å². The molecule has 0 amide bonds. The average Bonchev–Trinajstić information content (AvgIpc) is 2.16. The van der Waals surface area contributed by atoms with E-state index in [4.69, 9.17) is 12.2 Å². The largest absolute Gasteiger partial charge is 0.366 e. The lowest BCUT2D eigenvalue weighted by Crippen LogP contribution is -2.32. The summed E-state index contributed by atoms with van der Waals surface area (Å²) in [4.78, 5) is 2.15. The second-order valence-corrected chi connectivity index (χ2v) is 2.85. The molecule has 2 N–H and O–H groups in total. The van der Waals surface area contributed by atoms with E-state index in [0.717, 1.165) is 39.3 Å². The zero-order valence-corrected chi connectivity index (χ0v) is 7.49. The second kappa shape index (κ2) is 5.46. The Labute approximate surface area is 73.1 Å². The van der Waals surface area contributed by atoms with Crippen LogP contribution in [0.4, 0.5) is 0 Å². The molecule has 0 bridgehead atoms. The van der Waals surface area contributed by atoms with Crippen LogP contribution in [-0.2, 0) is 0 Å². The van der Waals surface area contributed by atoms with Gasteiger partial charge in [0.05, 0.1) is 5.49 Å². The molecule has 0 spiro atoms. The Morgan fingerprint density at radius 3 is 2.00 bits per heavy atom. The van der Waals surface area contributed by atoms with Crippen LogP contribution in [0.3, 0.4) is 0 Å². The van der Waals surface area contributed by atoms with Gasteiger partial charge in [-0.2, -0.15) is 0 Å². The lowest BCUT2D eigenvalue weighted by atomic mass is 10.5. The first-order valence-corrected chi connectivity index (χ1v) is 4.51. The summed E-state index contributed by atoms with van der Waals surface area (Å²) in [6.45, 7) is 6.26. The molecule has 0 aromatic heterocycles. The van der Waals surface area contributed by atoms with Crippen molar-refractivity contribution in [3.8, 4) is 0 Å². The van der Waals surface area contributed by atoms with Crippen molar-refractivity contribution in [1.29, 1.82) is 0 Å². The van der Waals surface area contributed by atoms with Crippen LogP contribution in [0.5, 0.6) is 0 Å². The Bertz CT molecular complexity index is 108. The van der Waals surface area contributed by atoms with Crippen LogP contribution >= 0.6 is 12.2 Å². The molecule has 1 saturated heterocycles. The van der Waals surface area contributed by atoms with Crippen LogP contribution in [0, 0.1) is 0 Å². The van der Waals surface area contributed by atoms with Crippen LogP contribution in [0.25, 0.3) is 0 Å². The van der Waals surface area contributed by atoms with Crippen molar-refractivity contribution in [3.05, 3.63) is 0 Å². The molecule has 0 unspecified atom stereocenters. The topological polar surface area (TPSA) is 27.3 Å². The minimum atomic E-state index is 1.03. The van der Waals surface area contributed by atoms with Gasteiger partial charge in [-0.1, -0.05) is 12.2 Å². The molecule has 0 radical (unpaired) electrons. The van der Waals surface area contributed by atoms with Gasteiger partial charge >= 0.3 is 0 Å². The molecule has 1 fully saturated rings. The Morgan fingerprint density at radius 1 is 1.00 bits per heavy atom. The van der Waals surface area contributed by atoms with Gasteiger partial charge < -0.3 is 15.5 Å². The van der Waals surface area contributed by atoms with Crippen LogP contribution in [-0.4, -0.2) is 49.7 Å². The number of hydrogen-bond acceptors (Lipinski definition) is 3. The van der Waals surface area contributed by atoms with Gasteiger partial charge in [0.25, 0.3) is 0 Å². The van der Waals surface area contributed by atoms with E-state index in [1.165, 1.54) is 0 Å². The molecule has 11 heavy (non-hydrogen) atoms. The summed E-state index contributed by atoms with van der Waals surface area (Å²) in [7, 11) is 0. The Kier molecular flexibility index (Phi) is 4.42. The number of nitrogens with zero attached hydrogens (tertiary/aromatic N) is 1. The average molecular weight is 173 g/mol. The van der Waals surface area contributed by atoms with Crippen LogP contribution in [0.1, 0.15) is 0 Å². The highest BCUT2D eigenvalue weighted by atomic mass is 32.1. The molecule has 0 saturated carbocycles. The van der Waals surface area contributed by atoms with E-state index in [2.05, 4.69) is 15.5 Å². The number of hydrogen-bond donors (Lipinski definition) is 2. The first kappa shape index (κ1) is 8.90. The Hall–Kier alpha value is -0.190. The molecule has 4 heteroatoms. The molecule has 0 aromatic carbocycles. The zero-order chi connectivity index (χ0) is 7.94. The van der Waals surface area contributed by atoms with E-state index < -0.39 is 0 Å². The van der Waals surface area contributed by atoms with Gasteiger partial charge in [0.1, 0.15) is 0 Å². The van der Waals surface area contributed by atoms with E-state index in [-0.39, 0.29) is 0 Å². The molecule has 3 nitrogen and oxygen atoms in total. The number of nitrogens with one attached hydrogen (secondary N) is 2. The molecule has 0 atom stereocenters. The molecular weight excluding hydrogens is 158 g/mol. The highest BCUT2D eigenvalue weighted by Gasteiger charge is 2.00. The minimum absolute atomic E-state index is 1.03. The summed E-state index contributed by atoms with van der Waals surface area (Å²) >= 11 is 4.87. The fraction of sp³-hybridized carbons (Fsp3) is 0.857. The second-order valence-electron chi connectivity index (χ2n) is 2.64. The monoisotopic (exact) mass is 173 g/mol. The van der Waals surface area contributed by atoms with Crippen molar-refractivity contribution in [3.63, 3.8) is 0 Å². The Balaban J connectivity index is 2.24. The molecule has 1 aliphatic heterocycles. The SMILES string of the molecule is S=CN1CCNCCNCC1. The maximum atomic E-state index is 4.87. The van der Waals surface area contributed by atoms with Crippen LogP contribution in [0.15, 0.2) is 0 Å². The van der Waals surface area contributed by atoms with Gasteiger partial charge in [-0.15, -0.1) is 0 Å². The third-order valence-electron chi connectivity index (χ3n) is 1.78. The van der Waals surface area contributed by atoms with Crippen molar-refractivity contribution in [2.24, 2.45) is 0 Å².